The Morgan fingerprint density at radius 2 is 1.68 bits per heavy atom. The maximum Gasteiger partial charge on any atom is 0.243 e. The standard InChI is InChI=1S/C25H32FN3O4S/c1-27-14-16-28(17-15-27)24(30)18-25(20-33-22-6-3-2-4-7-22)12-5-13-29(19-25)34(31,32)23-10-8-21(26)9-11-23/h2-4,6-11H,5,12-20H2,1H3/t25-/m0/s1. The van der Waals surface area contributed by atoms with Gasteiger partial charge in [-0.1, -0.05) is 18.2 Å². The Kier molecular flexibility index (Phi) is 7.54. The van der Waals surface area contributed by atoms with Crippen molar-refractivity contribution in [2.45, 2.75) is 24.2 Å². The molecule has 1 atom stereocenters. The maximum absolute atomic E-state index is 13.4. The summed E-state index contributed by atoms with van der Waals surface area (Å²) in [4.78, 5) is 17.4. The highest BCUT2D eigenvalue weighted by Crippen LogP contribution is 2.37. The van der Waals surface area contributed by atoms with Crippen LogP contribution in [0, 0.1) is 11.2 Å². The van der Waals surface area contributed by atoms with Crippen molar-refractivity contribution < 1.29 is 22.3 Å². The van der Waals surface area contributed by atoms with E-state index in [-0.39, 0.29) is 30.4 Å². The monoisotopic (exact) mass is 489 g/mol. The van der Waals surface area contributed by atoms with E-state index in [1.54, 1.807) is 0 Å². The highest BCUT2D eigenvalue weighted by Gasteiger charge is 2.43. The van der Waals surface area contributed by atoms with Crippen molar-refractivity contribution in [1.29, 1.82) is 0 Å². The average molecular weight is 490 g/mol. The molecule has 0 aliphatic carbocycles. The molecule has 1 amide bonds. The molecule has 2 aliphatic rings. The molecule has 0 saturated carbocycles. The van der Waals surface area contributed by atoms with E-state index in [9.17, 15) is 17.6 Å². The smallest absolute Gasteiger partial charge is 0.243 e. The minimum atomic E-state index is -3.82. The maximum atomic E-state index is 13.4. The number of carbonyl (C=O) groups excluding carboxylic acids is 1. The van der Waals surface area contributed by atoms with Crippen LogP contribution in [0.25, 0.3) is 0 Å². The Morgan fingerprint density at radius 3 is 2.35 bits per heavy atom. The molecule has 2 heterocycles. The van der Waals surface area contributed by atoms with Gasteiger partial charge in [-0.15, -0.1) is 0 Å². The van der Waals surface area contributed by atoms with Crippen LogP contribution in [0.5, 0.6) is 5.75 Å². The van der Waals surface area contributed by atoms with Gasteiger partial charge in [0, 0.05) is 51.1 Å². The Hall–Kier alpha value is -2.49. The summed E-state index contributed by atoms with van der Waals surface area (Å²) in [5.41, 5.74) is -0.651. The van der Waals surface area contributed by atoms with E-state index in [0.717, 1.165) is 25.2 Å². The number of nitrogens with zero attached hydrogens (tertiary/aromatic N) is 3. The summed E-state index contributed by atoms with van der Waals surface area (Å²) in [6.45, 7) is 3.76. The first-order valence-electron chi connectivity index (χ1n) is 11.7. The molecule has 0 N–H and O–H groups in total. The first kappa shape index (κ1) is 24.6. The molecule has 0 spiro atoms. The number of benzene rings is 2. The number of halogens is 1. The lowest BCUT2D eigenvalue weighted by molar-refractivity contribution is -0.136. The lowest BCUT2D eigenvalue weighted by Gasteiger charge is -2.43. The second kappa shape index (κ2) is 10.4. The lowest BCUT2D eigenvalue weighted by atomic mass is 9.78. The van der Waals surface area contributed by atoms with Gasteiger partial charge in [0.2, 0.25) is 15.9 Å². The number of rotatable bonds is 7. The Labute approximate surface area is 201 Å². The largest absolute Gasteiger partial charge is 0.493 e. The zero-order chi connectivity index (χ0) is 24.2. The fourth-order valence-electron chi connectivity index (χ4n) is 4.68. The molecule has 4 rings (SSSR count). The summed E-state index contributed by atoms with van der Waals surface area (Å²) in [5.74, 6) is 0.235. The summed E-state index contributed by atoms with van der Waals surface area (Å²) in [6.07, 6.45) is 1.53. The van der Waals surface area contributed by atoms with Crippen LogP contribution in [-0.2, 0) is 14.8 Å². The summed E-state index contributed by atoms with van der Waals surface area (Å²) in [5, 5.41) is 0. The topological polar surface area (TPSA) is 70.2 Å². The molecule has 2 saturated heterocycles. The number of ether oxygens (including phenoxy) is 1. The van der Waals surface area contributed by atoms with Gasteiger partial charge in [-0.3, -0.25) is 4.79 Å². The Bertz CT molecular complexity index is 1070. The van der Waals surface area contributed by atoms with Gasteiger partial charge < -0.3 is 14.5 Å². The molecule has 0 aromatic heterocycles. The van der Waals surface area contributed by atoms with E-state index in [0.29, 0.717) is 38.2 Å². The molecule has 184 valence electrons. The molecule has 2 aromatic rings. The molecule has 34 heavy (non-hydrogen) atoms. The van der Waals surface area contributed by atoms with Crippen molar-refractivity contribution in [3.05, 3.63) is 60.4 Å². The number of likely N-dealkylation sites (N-methyl/N-ethyl adjacent to an activating group) is 1. The van der Waals surface area contributed by atoms with Crippen molar-refractivity contribution >= 4 is 15.9 Å². The number of carbonyl (C=O) groups is 1. The van der Waals surface area contributed by atoms with E-state index in [4.69, 9.17) is 4.74 Å². The summed E-state index contributed by atoms with van der Waals surface area (Å²) in [6, 6.07) is 14.2. The number of sulfonamides is 1. The van der Waals surface area contributed by atoms with Crippen molar-refractivity contribution in [3.63, 3.8) is 0 Å². The predicted octanol–water partition coefficient (Wildman–Crippen LogP) is 2.84. The predicted molar refractivity (Wildman–Crippen MR) is 127 cm³/mol. The summed E-state index contributed by atoms with van der Waals surface area (Å²) in [7, 11) is -1.78. The fraction of sp³-hybridized carbons (Fsp3) is 0.480. The van der Waals surface area contributed by atoms with Crippen LogP contribution in [-0.4, -0.2) is 81.4 Å². The van der Waals surface area contributed by atoms with Crippen molar-refractivity contribution in [2.75, 3.05) is 52.9 Å². The van der Waals surface area contributed by atoms with E-state index < -0.39 is 21.3 Å². The molecule has 2 aromatic carbocycles. The molecule has 2 fully saturated rings. The van der Waals surface area contributed by atoms with Gasteiger partial charge in [-0.25, -0.2) is 12.8 Å². The zero-order valence-corrected chi connectivity index (χ0v) is 20.3. The SMILES string of the molecule is CN1CCN(C(=O)C[C@@]2(COc3ccccc3)CCCN(S(=O)(=O)c3ccc(F)cc3)C2)CC1. The van der Waals surface area contributed by atoms with Gasteiger partial charge in [-0.2, -0.15) is 4.31 Å². The van der Waals surface area contributed by atoms with Gasteiger partial charge in [0.1, 0.15) is 11.6 Å². The van der Waals surface area contributed by atoms with Crippen LogP contribution in [0.3, 0.4) is 0 Å². The molecule has 0 radical (unpaired) electrons. The summed E-state index contributed by atoms with van der Waals surface area (Å²) < 4.78 is 47.6. The highest BCUT2D eigenvalue weighted by atomic mass is 32.2. The van der Waals surface area contributed by atoms with Crippen LogP contribution in [0.2, 0.25) is 0 Å². The van der Waals surface area contributed by atoms with Crippen LogP contribution >= 0.6 is 0 Å². The zero-order valence-electron chi connectivity index (χ0n) is 19.5. The first-order valence-corrected chi connectivity index (χ1v) is 13.1. The molecule has 7 nitrogen and oxygen atoms in total. The minimum Gasteiger partial charge on any atom is -0.493 e. The first-order chi connectivity index (χ1) is 16.3. The van der Waals surface area contributed by atoms with Crippen LogP contribution in [0.1, 0.15) is 19.3 Å². The second-order valence-corrected chi connectivity index (χ2v) is 11.3. The Morgan fingerprint density at radius 1 is 1.00 bits per heavy atom. The van der Waals surface area contributed by atoms with Gasteiger partial charge >= 0.3 is 0 Å². The van der Waals surface area contributed by atoms with Gasteiger partial charge in [0.15, 0.2) is 0 Å². The van der Waals surface area contributed by atoms with Gasteiger partial charge in [0.25, 0.3) is 0 Å². The number of para-hydroxylation sites is 1. The normalized spacial score (nSPS) is 22.5. The molecular formula is C25H32FN3O4S. The van der Waals surface area contributed by atoms with Crippen LogP contribution < -0.4 is 4.74 Å². The van der Waals surface area contributed by atoms with E-state index in [1.807, 2.05) is 42.3 Å². The molecule has 9 heteroatoms. The minimum absolute atomic E-state index is 0.0331. The molecule has 0 bridgehead atoms. The van der Waals surface area contributed by atoms with Crippen molar-refractivity contribution in [2.24, 2.45) is 5.41 Å². The second-order valence-electron chi connectivity index (χ2n) is 9.36. The van der Waals surface area contributed by atoms with E-state index in [1.165, 1.54) is 16.4 Å². The number of hydrogen-bond donors (Lipinski definition) is 0. The van der Waals surface area contributed by atoms with Crippen molar-refractivity contribution in [1.82, 2.24) is 14.1 Å². The fourth-order valence-corrected chi connectivity index (χ4v) is 6.27. The number of hydrogen-bond acceptors (Lipinski definition) is 5. The van der Waals surface area contributed by atoms with Gasteiger partial charge in [0.05, 0.1) is 11.5 Å². The van der Waals surface area contributed by atoms with Gasteiger partial charge in [-0.05, 0) is 56.3 Å². The lowest BCUT2D eigenvalue weighted by Crippen LogP contribution is -2.53. The summed E-state index contributed by atoms with van der Waals surface area (Å²) >= 11 is 0. The number of piperazine rings is 1. The van der Waals surface area contributed by atoms with E-state index in [2.05, 4.69) is 4.90 Å². The number of piperidine rings is 1. The van der Waals surface area contributed by atoms with E-state index >= 15 is 0 Å². The quantitative estimate of drug-likeness (QED) is 0.598. The third kappa shape index (κ3) is 5.76. The molecular weight excluding hydrogens is 457 g/mol. The third-order valence-corrected chi connectivity index (χ3v) is 8.61. The van der Waals surface area contributed by atoms with Crippen molar-refractivity contribution in [3.8, 4) is 5.75 Å². The highest BCUT2D eigenvalue weighted by molar-refractivity contribution is 7.89. The number of amides is 1. The third-order valence-electron chi connectivity index (χ3n) is 6.75. The molecule has 2 aliphatic heterocycles. The molecule has 0 unspecified atom stereocenters. The van der Waals surface area contributed by atoms with Crippen LogP contribution in [0.15, 0.2) is 59.5 Å². The van der Waals surface area contributed by atoms with Crippen LogP contribution in [0.4, 0.5) is 4.39 Å². The Balaban J connectivity index is 1.56. The average Bonchev–Trinajstić information content (AvgIpc) is 2.84.